The Balaban J connectivity index is 1.62. The Morgan fingerprint density at radius 2 is 1.81 bits per heavy atom. The van der Waals surface area contributed by atoms with Gasteiger partial charge in [0.05, 0.1) is 5.56 Å². The molecule has 0 radical (unpaired) electrons. The van der Waals surface area contributed by atoms with Gasteiger partial charge in [-0.25, -0.2) is 4.98 Å². The molecule has 0 saturated carbocycles. The molecule has 1 fully saturated rings. The highest BCUT2D eigenvalue weighted by Crippen LogP contribution is 2.21. The van der Waals surface area contributed by atoms with Gasteiger partial charge >= 0.3 is 0 Å². The molecule has 1 aliphatic heterocycles. The van der Waals surface area contributed by atoms with E-state index in [1.807, 2.05) is 31.1 Å². The second kappa shape index (κ2) is 8.86. The zero-order chi connectivity index (χ0) is 19.2. The summed E-state index contributed by atoms with van der Waals surface area (Å²) in [5.74, 6) is 0.518. The number of pyridine rings is 1. The molecule has 1 amide bonds. The SMILES string of the molecule is CCCN1CCN(c2ccc(NC(=O)c3cccnc3N(C)C)cc2)CC1. The molecule has 27 heavy (non-hydrogen) atoms. The summed E-state index contributed by atoms with van der Waals surface area (Å²) >= 11 is 0. The Kier molecular flexibility index (Phi) is 6.29. The van der Waals surface area contributed by atoms with Crippen LogP contribution in [0.3, 0.4) is 0 Å². The average Bonchev–Trinajstić information content (AvgIpc) is 2.69. The maximum Gasteiger partial charge on any atom is 0.259 e. The number of amides is 1. The van der Waals surface area contributed by atoms with E-state index in [-0.39, 0.29) is 5.91 Å². The maximum atomic E-state index is 12.6. The van der Waals surface area contributed by atoms with Crippen LogP contribution in [0.25, 0.3) is 0 Å². The summed E-state index contributed by atoms with van der Waals surface area (Å²) in [4.78, 5) is 23.7. The van der Waals surface area contributed by atoms with Crippen molar-refractivity contribution < 1.29 is 4.79 Å². The zero-order valence-corrected chi connectivity index (χ0v) is 16.5. The Bertz CT molecular complexity index is 751. The van der Waals surface area contributed by atoms with E-state index < -0.39 is 0 Å². The van der Waals surface area contributed by atoms with Crippen molar-refractivity contribution in [2.75, 3.05) is 61.9 Å². The van der Waals surface area contributed by atoms with Crippen molar-refractivity contribution in [2.45, 2.75) is 13.3 Å². The fourth-order valence-electron chi connectivity index (χ4n) is 3.43. The molecule has 0 aliphatic carbocycles. The molecule has 1 saturated heterocycles. The third-order valence-electron chi connectivity index (χ3n) is 4.86. The monoisotopic (exact) mass is 367 g/mol. The number of nitrogens with one attached hydrogen (secondary N) is 1. The first-order valence-electron chi connectivity index (χ1n) is 9.59. The lowest BCUT2D eigenvalue weighted by atomic mass is 10.2. The van der Waals surface area contributed by atoms with E-state index in [0.717, 1.165) is 31.9 Å². The number of carbonyl (C=O) groups excluding carboxylic acids is 1. The van der Waals surface area contributed by atoms with Gasteiger partial charge in [-0.05, 0) is 49.4 Å². The first kappa shape index (κ1) is 19.2. The minimum absolute atomic E-state index is 0.146. The molecule has 1 aliphatic rings. The van der Waals surface area contributed by atoms with Gasteiger partial charge in [-0.15, -0.1) is 0 Å². The number of piperazine rings is 1. The predicted molar refractivity (Wildman–Crippen MR) is 112 cm³/mol. The van der Waals surface area contributed by atoms with Gasteiger partial charge in [0.25, 0.3) is 5.91 Å². The predicted octanol–water partition coefficient (Wildman–Crippen LogP) is 2.93. The lowest BCUT2D eigenvalue weighted by Gasteiger charge is -2.36. The number of benzene rings is 1. The minimum atomic E-state index is -0.146. The summed E-state index contributed by atoms with van der Waals surface area (Å²) in [7, 11) is 3.77. The van der Waals surface area contributed by atoms with Crippen molar-refractivity contribution in [3.63, 3.8) is 0 Å². The Morgan fingerprint density at radius 1 is 1.11 bits per heavy atom. The lowest BCUT2D eigenvalue weighted by molar-refractivity contribution is 0.102. The van der Waals surface area contributed by atoms with E-state index in [9.17, 15) is 4.79 Å². The highest BCUT2D eigenvalue weighted by atomic mass is 16.1. The summed E-state index contributed by atoms with van der Waals surface area (Å²) in [6.45, 7) is 7.73. The molecule has 3 rings (SSSR count). The molecule has 0 atom stereocenters. The number of rotatable bonds is 6. The van der Waals surface area contributed by atoms with Crippen LogP contribution in [0, 0.1) is 0 Å². The van der Waals surface area contributed by atoms with Gasteiger partial charge in [0.1, 0.15) is 5.82 Å². The van der Waals surface area contributed by atoms with E-state index >= 15 is 0 Å². The molecule has 144 valence electrons. The zero-order valence-electron chi connectivity index (χ0n) is 16.5. The molecule has 6 nitrogen and oxygen atoms in total. The topological polar surface area (TPSA) is 51.7 Å². The summed E-state index contributed by atoms with van der Waals surface area (Å²) < 4.78 is 0. The van der Waals surface area contributed by atoms with Gasteiger partial charge in [-0.1, -0.05) is 6.92 Å². The van der Waals surface area contributed by atoms with Gasteiger partial charge in [-0.3, -0.25) is 9.69 Å². The number of carbonyl (C=O) groups is 1. The molecule has 2 aromatic rings. The third kappa shape index (κ3) is 4.77. The molecule has 2 heterocycles. The summed E-state index contributed by atoms with van der Waals surface area (Å²) in [5.41, 5.74) is 2.57. The van der Waals surface area contributed by atoms with E-state index in [2.05, 4.69) is 39.2 Å². The van der Waals surface area contributed by atoms with Crippen LogP contribution in [0.2, 0.25) is 0 Å². The molecule has 1 N–H and O–H groups in total. The van der Waals surface area contributed by atoms with E-state index in [0.29, 0.717) is 11.4 Å². The van der Waals surface area contributed by atoms with Crippen molar-refractivity contribution in [3.05, 3.63) is 48.2 Å². The Morgan fingerprint density at radius 3 is 2.44 bits per heavy atom. The Hall–Kier alpha value is -2.60. The van der Waals surface area contributed by atoms with Crippen LogP contribution in [0.4, 0.5) is 17.2 Å². The molecule has 0 bridgehead atoms. The van der Waals surface area contributed by atoms with Crippen LogP contribution in [0.5, 0.6) is 0 Å². The highest BCUT2D eigenvalue weighted by Gasteiger charge is 2.17. The molecule has 1 aromatic heterocycles. The van der Waals surface area contributed by atoms with Crippen molar-refractivity contribution >= 4 is 23.1 Å². The van der Waals surface area contributed by atoms with Gasteiger partial charge in [-0.2, -0.15) is 0 Å². The minimum Gasteiger partial charge on any atom is -0.369 e. The van der Waals surface area contributed by atoms with Crippen LogP contribution in [-0.2, 0) is 0 Å². The standard InChI is InChI=1S/C21H29N5O/c1-4-12-25-13-15-26(16-14-25)18-9-7-17(8-10-18)23-21(27)19-6-5-11-22-20(19)24(2)3/h5-11H,4,12-16H2,1-3H3,(H,23,27). The smallest absolute Gasteiger partial charge is 0.259 e. The van der Waals surface area contributed by atoms with Gasteiger partial charge in [0.2, 0.25) is 0 Å². The normalized spacial score (nSPS) is 14.9. The van der Waals surface area contributed by atoms with Gasteiger partial charge in [0.15, 0.2) is 0 Å². The number of aromatic nitrogens is 1. The molecule has 0 unspecified atom stereocenters. The first-order valence-corrected chi connectivity index (χ1v) is 9.59. The summed E-state index contributed by atoms with van der Waals surface area (Å²) in [6, 6.07) is 11.7. The fraction of sp³-hybridized carbons (Fsp3) is 0.429. The second-order valence-corrected chi connectivity index (χ2v) is 7.10. The number of nitrogens with zero attached hydrogens (tertiary/aromatic N) is 4. The quantitative estimate of drug-likeness (QED) is 0.851. The number of anilines is 3. The summed E-state index contributed by atoms with van der Waals surface area (Å²) in [5, 5.41) is 2.98. The lowest BCUT2D eigenvalue weighted by Crippen LogP contribution is -2.46. The van der Waals surface area contributed by atoms with Crippen molar-refractivity contribution in [3.8, 4) is 0 Å². The van der Waals surface area contributed by atoms with Crippen LogP contribution in [-0.4, -0.2) is 62.6 Å². The highest BCUT2D eigenvalue weighted by molar-refractivity contribution is 6.07. The van der Waals surface area contributed by atoms with Crippen LogP contribution in [0.15, 0.2) is 42.6 Å². The largest absolute Gasteiger partial charge is 0.369 e. The summed E-state index contributed by atoms with van der Waals surface area (Å²) in [6.07, 6.45) is 2.90. The molecule has 6 heteroatoms. The Labute approximate surface area is 161 Å². The molecule has 0 spiro atoms. The average molecular weight is 367 g/mol. The first-order chi connectivity index (χ1) is 13.1. The molecular weight excluding hydrogens is 338 g/mol. The number of hydrogen-bond acceptors (Lipinski definition) is 5. The van der Waals surface area contributed by atoms with E-state index in [4.69, 9.17) is 0 Å². The van der Waals surface area contributed by atoms with Gasteiger partial charge < -0.3 is 15.1 Å². The third-order valence-corrected chi connectivity index (χ3v) is 4.86. The fourth-order valence-corrected chi connectivity index (χ4v) is 3.43. The van der Waals surface area contributed by atoms with Gasteiger partial charge in [0, 0.05) is 57.8 Å². The van der Waals surface area contributed by atoms with Crippen LogP contribution < -0.4 is 15.1 Å². The number of hydrogen-bond donors (Lipinski definition) is 1. The van der Waals surface area contributed by atoms with Crippen molar-refractivity contribution in [1.29, 1.82) is 0 Å². The molecule has 1 aromatic carbocycles. The van der Waals surface area contributed by atoms with Crippen molar-refractivity contribution in [1.82, 2.24) is 9.88 Å². The molecular formula is C21H29N5O. The van der Waals surface area contributed by atoms with Crippen LogP contribution >= 0.6 is 0 Å². The van der Waals surface area contributed by atoms with Crippen molar-refractivity contribution in [2.24, 2.45) is 0 Å². The maximum absolute atomic E-state index is 12.6. The second-order valence-electron chi connectivity index (χ2n) is 7.10. The van der Waals surface area contributed by atoms with E-state index in [1.165, 1.54) is 18.7 Å². The van der Waals surface area contributed by atoms with Crippen LogP contribution in [0.1, 0.15) is 23.7 Å². The van der Waals surface area contributed by atoms with E-state index in [1.54, 1.807) is 18.3 Å².